The van der Waals surface area contributed by atoms with E-state index < -0.39 is 12.3 Å². The number of rotatable bonds is 6. The Morgan fingerprint density at radius 1 is 1.15 bits per heavy atom. The van der Waals surface area contributed by atoms with E-state index in [0.717, 1.165) is 26.4 Å². The van der Waals surface area contributed by atoms with Crippen molar-refractivity contribution in [2.75, 3.05) is 7.11 Å². The summed E-state index contributed by atoms with van der Waals surface area (Å²) in [4.78, 5) is 0. The number of unbranched alkanes of at least 4 members (excludes halogenated alkanes) is 3. The first kappa shape index (κ1) is 12.8. The average Bonchev–Trinajstić information content (AvgIpc) is 2.02. The molecule has 0 saturated carbocycles. The molecule has 0 bridgehead atoms. The summed E-state index contributed by atoms with van der Waals surface area (Å²) < 4.78 is 40.7. The monoisotopic (exact) mass is 198 g/mol. The van der Waals surface area contributed by atoms with Gasteiger partial charge in [-0.05, 0) is 6.42 Å². The van der Waals surface area contributed by atoms with Crippen LogP contribution in [-0.4, -0.2) is 19.4 Å². The second-order valence-electron chi connectivity index (χ2n) is 3.12. The topological polar surface area (TPSA) is 9.23 Å². The van der Waals surface area contributed by atoms with Crippen LogP contribution in [0.5, 0.6) is 0 Å². The number of alkyl halides is 3. The molecule has 0 aliphatic rings. The van der Waals surface area contributed by atoms with E-state index in [1.807, 2.05) is 6.92 Å². The van der Waals surface area contributed by atoms with Crippen LogP contribution in [0, 0.1) is 0 Å². The van der Waals surface area contributed by atoms with Crippen molar-refractivity contribution in [1.82, 2.24) is 0 Å². The minimum absolute atomic E-state index is 0.0833. The first-order valence-electron chi connectivity index (χ1n) is 4.61. The lowest BCUT2D eigenvalue weighted by Crippen LogP contribution is -2.30. The molecular weight excluding hydrogens is 181 g/mol. The van der Waals surface area contributed by atoms with Crippen LogP contribution in [0.4, 0.5) is 13.2 Å². The number of halogens is 3. The van der Waals surface area contributed by atoms with Crippen molar-refractivity contribution in [3.05, 3.63) is 0 Å². The molecule has 0 radical (unpaired) electrons. The van der Waals surface area contributed by atoms with Gasteiger partial charge in [0.05, 0.1) is 0 Å². The molecule has 0 heterocycles. The van der Waals surface area contributed by atoms with Crippen LogP contribution in [0.2, 0.25) is 0 Å². The Hall–Kier alpha value is -0.250. The van der Waals surface area contributed by atoms with E-state index in [-0.39, 0.29) is 6.42 Å². The minimum Gasteiger partial charge on any atom is -0.372 e. The maximum absolute atomic E-state index is 12.1. The third-order valence-electron chi connectivity index (χ3n) is 1.97. The number of methoxy groups -OCH3 is 1. The van der Waals surface area contributed by atoms with Gasteiger partial charge in [-0.1, -0.05) is 32.6 Å². The van der Waals surface area contributed by atoms with E-state index in [1.54, 1.807) is 0 Å². The molecule has 1 nitrogen and oxygen atoms in total. The van der Waals surface area contributed by atoms with Crippen LogP contribution < -0.4 is 0 Å². The number of hydrogen-bond donors (Lipinski definition) is 0. The summed E-state index contributed by atoms with van der Waals surface area (Å²) in [6.07, 6.45) is -2.23. The van der Waals surface area contributed by atoms with Gasteiger partial charge in [0.2, 0.25) is 0 Å². The number of hydrogen-bond acceptors (Lipinski definition) is 1. The van der Waals surface area contributed by atoms with Crippen molar-refractivity contribution in [1.29, 1.82) is 0 Å². The molecule has 0 aromatic heterocycles. The van der Waals surface area contributed by atoms with Crippen LogP contribution in [0.3, 0.4) is 0 Å². The van der Waals surface area contributed by atoms with Gasteiger partial charge in [0.1, 0.15) is 0 Å². The molecule has 0 aromatic rings. The molecule has 4 heteroatoms. The van der Waals surface area contributed by atoms with Crippen molar-refractivity contribution >= 4 is 0 Å². The zero-order valence-electron chi connectivity index (χ0n) is 8.16. The van der Waals surface area contributed by atoms with Gasteiger partial charge in [-0.2, -0.15) is 13.2 Å². The summed E-state index contributed by atoms with van der Waals surface area (Å²) in [6, 6.07) is 0. The van der Waals surface area contributed by atoms with Crippen molar-refractivity contribution < 1.29 is 17.9 Å². The van der Waals surface area contributed by atoms with E-state index in [9.17, 15) is 13.2 Å². The summed E-state index contributed by atoms with van der Waals surface area (Å²) in [5.41, 5.74) is 0. The van der Waals surface area contributed by atoms with E-state index >= 15 is 0 Å². The van der Waals surface area contributed by atoms with Gasteiger partial charge in [0.25, 0.3) is 0 Å². The van der Waals surface area contributed by atoms with Crippen molar-refractivity contribution in [3.63, 3.8) is 0 Å². The van der Waals surface area contributed by atoms with Gasteiger partial charge in [-0.3, -0.25) is 0 Å². The fourth-order valence-electron chi connectivity index (χ4n) is 1.17. The first-order valence-corrected chi connectivity index (χ1v) is 4.61. The number of ether oxygens (including phenoxy) is 1. The highest BCUT2D eigenvalue weighted by molar-refractivity contribution is 4.66. The van der Waals surface area contributed by atoms with Crippen molar-refractivity contribution in [3.8, 4) is 0 Å². The summed E-state index contributed by atoms with van der Waals surface area (Å²) >= 11 is 0. The Bertz CT molecular complexity index is 123. The Labute approximate surface area is 77.3 Å². The van der Waals surface area contributed by atoms with Gasteiger partial charge in [-0.25, -0.2) is 0 Å². The Morgan fingerprint density at radius 2 is 1.77 bits per heavy atom. The lowest BCUT2D eigenvalue weighted by atomic mass is 10.1. The normalized spacial score (nSPS) is 14.5. The Morgan fingerprint density at radius 3 is 2.15 bits per heavy atom. The van der Waals surface area contributed by atoms with Crippen LogP contribution in [0.15, 0.2) is 0 Å². The van der Waals surface area contributed by atoms with E-state index in [1.165, 1.54) is 0 Å². The zero-order valence-corrected chi connectivity index (χ0v) is 8.16. The molecule has 1 unspecified atom stereocenters. The predicted molar refractivity (Wildman–Crippen MR) is 45.6 cm³/mol. The van der Waals surface area contributed by atoms with Gasteiger partial charge in [0, 0.05) is 7.11 Å². The molecule has 0 aliphatic carbocycles. The van der Waals surface area contributed by atoms with Gasteiger partial charge < -0.3 is 4.74 Å². The third kappa shape index (κ3) is 5.91. The summed E-state index contributed by atoms with van der Waals surface area (Å²) in [5.74, 6) is 0. The van der Waals surface area contributed by atoms with Crippen LogP contribution >= 0.6 is 0 Å². The fourth-order valence-corrected chi connectivity index (χ4v) is 1.17. The maximum Gasteiger partial charge on any atom is 0.414 e. The zero-order chi connectivity index (χ0) is 10.3. The molecule has 0 rings (SSSR count). The molecule has 0 saturated heterocycles. The lowest BCUT2D eigenvalue weighted by Gasteiger charge is -2.18. The molecular formula is C9H17F3O. The Balaban J connectivity index is 3.61. The lowest BCUT2D eigenvalue weighted by molar-refractivity contribution is -0.214. The predicted octanol–water partition coefficient (Wildman–Crippen LogP) is 3.53. The van der Waals surface area contributed by atoms with E-state index in [0.29, 0.717) is 6.42 Å². The van der Waals surface area contributed by atoms with E-state index in [2.05, 4.69) is 4.74 Å². The molecule has 80 valence electrons. The second-order valence-corrected chi connectivity index (χ2v) is 3.12. The molecule has 1 atom stereocenters. The summed E-state index contributed by atoms with van der Waals surface area (Å²) in [5, 5.41) is 0. The molecule has 0 aromatic carbocycles. The highest BCUT2D eigenvalue weighted by Gasteiger charge is 2.39. The largest absolute Gasteiger partial charge is 0.414 e. The van der Waals surface area contributed by atoms with Crippen LogP contribution in [0.25, 0.3) is 0 Å². The quantitative estimate of drug-likeness (QED) is 0.593. The standard InChI is InChI=1S/C9H17F3O/c1-3-4-5-6-7-8(13-2)9(10,11)12/h8H,3-7H2,1-2H3. The van der Waals surface area contributed by atoms with Crippen LogP contribution in [-0.2, 0) is 4.74 Å². The summed E-state index contributed by atoms with van der Waals surface area (Å²) in [7, 11) is 1.11. The molecule has 0 amide bonds. The van der Waals surface area contributed by atoms with Gasteiger partial charge in [-0.15, -0.1) is 0 Å². The highest BCUT2D eigenvalue weighted by Crippen LogP contribution is 2.26. The maximum atomic E-state index is 12.1. The van der Waals surface area contributed by atoms with Gasteiger partial charge >= 0.3 is 6.18 Å². The minimum atomic E-state index is -4.21. The molecule has 0 N–H and O–H groups in total. The first-order chi connectivity index (χ1) is 6.02. The molecule has 0 spiro atoms. The molecule has 0 fully saturated rings. The third-order valence-corrected chi connectivity index (χ3v) is 1.97. The highest BCUT2D eigenvalue weighted by atomic mass is 19.4. The van der Waals surface area contributed by atoms with Crippen molar-refractivity contribution in [2.45, 2.75) is 51.3 Å². The van der Waals surface area contributed by atoms with E-state index in [4.69, 9.17) is 0 Å². The fraction of sp³-hybridized carbons (Fsp3) is 1.00. The second kappa shape index (κ2) is 6.24. The van der Waals surface area contributed by atoms with Gasteiger partial charge in [0.15, 0.2) is 6.10 Å². The van der Waals surface area contributed by atoms with Crippen molar-refractivity contribution in [2.24, 2.45) is 0 Å². The molecule has 0 aliphatic heterocycles. The smallest absolute Gasteiger partial charge is 0.372 e. The Kier molecular flexibility index (Phi) is 6.12. The van der Waals surface area contributed by atoms with Crippen LogP contribution in [0.1, 0.15) is 39.0 Å². The molecule has 13 heavy (non-hydrogen) atoms. The summed E-state index contributed by atoms with van der Waals surface area (Å²) in [6.45, 7) is 2.03. The average molecular weight is 198 g/mol. The SMILES string of the molecule is CCCCCCC(OC)C(F)(F)F.